The van der Waals surface area contributed by atoms with Gasteiger partial charge >= 0.3 is 5.97 Å². The smallest absolute Gasteiger partial charge is 0.309 e. The molecule has 1 heterocycles. The molecule has 0 unspecified atom stereocenters. The number of aliphatic carboxylic acids is 1. The van der Waals surface area contributed by atoms with Crippen molar-refractivity contribution < 1.29 is 14.3 Å². The van der Waals surface area contributed by atoms with Gasteiger partial charge in [-0.15, -0.1) is 5.10 Å². The number of aromatic nitrogens is 3. The number of hydrogen-bond acceptors (Lipinski definition) is 3. The lowest BCUT2D eigenvalue weighted by Crippen LogP contribution is -2.08. The van der Waals surface area contributed by atoms with Crippen LogP contribution < -0.4 is 0 Å². The summed E-state index contributed by atoms with van der Waals surface area (Å²) in [5.74, 6) is -1.28. The van der Waals surface area contributed by atoms with Crippen molar-refractivity contribution in [1.82, 2.24) is 15.0 Å². The van der Waals surface area contributed by atoms with Crippen molar-refractivity contribution in [3.8, 4) is 5.69 Å². The Labute approximate surface area is 96.5 Å². The normalized spacial score (nSPS) is 10.5. The zero-order chi connectivity index (χ0) is 12.4. The van der Waals surface area contributed by atoms with Crippen molar-refractivity contribution in [1.29, 1.82) is 0 Å². The van der Waals surface area contributed by atoms with E-state index in [4.69, 9.17) is 5.11 Å². The molecule has 0 bridgehead atoms. The fourth-order valence-corrected chi connectivity index (χ4v) is 1.51. The molecule has 1 aromatic carbocycles. The van der Waals surface area contributed by atoms with Crippen molar-refractivity contribution in [2.45, 2.75) is 13.3 Å². The predicted octanol–water partition coefficient (Wildman–Crippen LogP) is 1.34. The Morgan fingerprint density at radius 1 is 1.53 bits per heavy atom. The molecule has 0 amide bonds. The molecule has 0 atom stereocenters. The lowest BCUT2D eigenvalue weighted by molar-refractivity contribution is -0.136. The van der Waals surface area contributed by atoms with E-state index in [2.05, 4.69) is 10.3 Å². The van der Waals surface area contributed by atoms with Gasteiger partial charge in [0.2, 0.25) is 0 Å². The fourth-order valence-electron chi connectivity index (χ4n) is 1.51. The number of nitrogens with zero attached hydrogens (tertiary/aromatic N) is 3. The van der Waals surface area contributed by atoms with Crippen LogP contribution >= 0.6 is 0 Å². The first kappa shape index (κ1) is 11.3. The molecular weight excluding hydrogens is 225 g/mol. The molecule has 0 aliphatic heterocycles. The van der Waals surface area contributed by atoms with Crippen molar-refractivity contribution in [3.05, 3.63) is 41.5 Å². The van der Waals surface area contributed by atoms with Crippen molar-refractivity contribution >= 4 is 5.97 Å². The van der Waals surface area contributed by atoms with Gasteiger partial charge < -0.3 is 5.11 Å². The van der Waals surface area contributed by atoms with Crippen LogP contribution in [0.25, 0.3) is 5.69 Å². The highest BCUT2D eigenvalue weighted by molar-refractivity contribution is 5.69. The molecule has 88 valence electrons. The highest BCUT2D eigenvalue weighted by Gasteiger charge is 2.10. The monoisotopic (exact) mass is 235 g/mol. The standard InChI is InChI=1S/C11H10FN3O2/c1-7-4-8(2-3-10(7)12)15-9(5-11(16)17)6-13-14-15/h2-4,6H,5H2,1H3,(H,16,17). The Morgan fingerprint density at radius 3 is 2.94 bits per heavy atom. The Balaban J connectivity index is 2.42. The van der Waals surface area contributed by atoms with Gasteiger partial charge in [-0.25, -0.2) is 9.07 Å². The summed E-state index contributed by atoms with van der Waals surface area (Å²) < 4.78 is 14.5. The lowest BCUT2D eigenvalue weighted by atomic mass is 10.2. The molecular formula is C11H10FN3O2. The minimum Gasteiger partial charge on any atom is -0.481 e. The van der Waals surface area contributed by atoms with Gasteiger partial charge in [0.15, 0.2) is 0 Å². The fraction of sp³-hybridized carbons (Fsp3) is 0.182. The molecule has 6 heteroatoms. The van der Waals surface area contributed by atoms with Crippen molar-refractivity contribution in [2.24, 2.45) is 0 Å². The first-order chi connectivity index (χ1) is 8.08. The Morgan fingerprint density at radius 2 is 2.29 bits per heavy atom. The maximum atomic E-state index is 13.1. The number of rotatable bonds is 3. The van der Waals surface area contributed by atoms with Crippen molar-refractivity contribution in [2.75, 3.05) is 0 Å². The van der Waals surface area contributed by atoms with Gasteiger partial charge in [0.05, 0.1) is 24.0 Å². The number of carboxylic acid groups (broad SMARTS) is 1. The first-order valence-electron chi connectivity index (χ1n) is 4.96. The third kappa shape index (κ3) is 2.30. The van der Waals surface area contributed by atoms with Crippen LogP contribution in [-0.2, 0) is 11.2 Å². The van der Waals surface area contributed by atoms with E-state index in [-0.39, 0.29) is 12.2 Å². The Bertz CT molecular complexity index is 566. The molecule has 0 spiro atoms. The Hall–Kier alpha value is -2.24. The number of hydrogen-bond donors (Lipinski definition) is 1. The maximum Gasteiger partial charge on any atom is 0.309 e. The van der Waals surface area contributed by atoms with Crippen LogP contribution in [0.1, 0.15) is 11.3 Å². The summed E-state index contributed by atoms with van der Waals surface area (Å²) in [5, 5.41) is 16.2. The van der Waals surface area contributed by atoms with E-state index in [1.165, 1.54) is 23.0 Å². The second kappa shape index (κ2) is 4.32. The summed E-state index contributed by atoms with van der Waals surface area (Å²) in [5.41, 5.74) is 1.51. The molecule has 0 aliphatic rings. The molecule has 2 aromatic rings. The van der Waals surface area contributed by atoms with E-state index in [0.29, 0.717) is 16.9 Å². The summed E-state index contributed by atoms with van der Waals surface area (Å²) in [6.45, 7) is 1.63. The zero-order valence-electron chi connectivity index (χ0n) is 9.09. The van der Waals surface area contributed by atoms with E-state index < -0.39 is 5.97 Å². The molecule has 0 saturated heterocycles. The van der Waals surface area contributed by atoms with Crippen LogP contribution in [0.3, 0.4) is 0 Å². The van der Waals surface area contributed by atoms with Gasteiger partial charge in [0.25, 0.3) is 0 Å². The topological polar surface area (TPSA) is 68.0 Å². The predicted molar refractivity (Wildman–Crippen MR) is 57.4 cm³/mol. The van der Waals surface area contributed by atoms with Crippen LogP contribution in [0.15, 0.2) is 24.4 Å². The van der Waals surface area contributed by atoms with Gasteiger partial charge in [-0.2, -0.15) is 0 Å². The molecule has 5 nitrogen and oxygen atoms in total. The van der Waals surface area contributed by atoms with E-state index >= 15 is 0 Å². The second-order valence-corrected chi connectivity index (χ2v) is 3.64. The van der Waals surface area contributed by atoms with Crippen LogP contribution in [0.4, 0.5) is 4.39 Å². The van der Waals surface area contributed by atoms with E-state index in [1.54, 1.807) is 13.0 Å². The van der Waals surface area contributed by atoms with Gasteiger partial charge in [-0.05, 0) is 30.7 Å². The van der Waals surface area contributed by atoms with Crippen molar-refractivity contribution in [3.63, 3.8) is 0 Å². The van der Waals surface area contributed by atoms with E-state index in [1.807, 2.05) is 0 Å². The SMILES string of the molecule is Cc1cc(-n2nncc2CC(=O)O)ccc1F. The lowest BCUT2D eigenvalue weighted by Gasteiger charge is -2.05. The number of carboxylic acids is 1. The highest BCUT2D eigenvalue weighted by Crippen LogP contribution is 2.14. The third-order valence-electron chi connectivity index (χ3n) is 2.34. The number of aryl methyl sites for hydroxylation is 1. The molecule has 1 aromatic heterocycles. The number of carbonyl (C=O) groups is 1. The quantitative estimate of drug-likeness (QED) is 0.871. The minimum atomic E-state index is -0.965. The number of benzene rings is 1. The summed E-state index contributed by atoms with van der Waals surface area (Å²) >= 11 is 0. The molecule has 2 rings (SSSR count). The van der Waals surface area contributed by atoms with Crippen LogP contribution in [0, 0.1) is 12.7 Å². The molecule has 0 radical (unpaired) electrons. The zero-order valence-corrected chi connectivity index (χ0v) is 9.09. The maximum absolute atomic E-state index is 13.1. The second-order valence-electron chi connectivity index (χ2n) is 3.64. The average Bonchev–Trinajstić information content (AvgIpc) is 2.69. The average molecular weight is 235 g/mol. The third-order valence-corrected chi connectivity index (χ3v) is 2.34. The van der Waals surface area contributed by atoms with E-state index in [9.17, 15) is 9.18 Å². The Kier molecular flexibility index (Phi) is 2.86. The first-order valence-corrected chi connectivity index (χ1v) is 4.96. The molecule has 17 heavy (non-hydrogen) atoms. The molecule has 1 N–H and O–H groups in total. The summed E-state index contributed by atoms with van der Waals surface area (Å²) in [4.78, 5) is 10.6. The van der Waals surface area contributed by atoms with Gasteiger partial charge in [-0.1, -0.05) is 5.21 Å². The van der Waals surface area contributed by atoms with Gasteiger partial charge in [-0.3, -0.25) is 4.79 Å². The van der Waals surface area contributed by atoms with Crippen LogP contribution in [-0.4, -0.2) is 26.1 Å². The molecule has 0 aliphatic carbocycles. The minimum absolute atomic E-state index is 0.177. The largest absolute Gasteiger partial charge is 0.481 e. The molecule has 0 fully saturated rings. The highest BCUT2D eigenvalue weighted by atomic mass is 19.1. The number of halogens is 1. The van der Waals surface area contributed by atoms with Crippen LogP contribution in [0.2, 0.25) is 0 Å². The summed E-state index contributed by atoms with van der Waals surface area (Å²) in [6.07, 6.45) is 1.20. The van der Waals surface area contributed by atoms with E-state index in [0.717, 1.165) is 0 Å². The summed E-state index contributed by atoms with van der Waals surface area (Å²) in [6, 6.07) is 4.44. The summed E-state index contributed by atoms with van der Waals surface area (Å²) in [7, 11) is 0. The van der Waals surface area contributed by atoms with Gasteiger partial charge in [0, 0.05) is 0 Å². The van der Waals surface area contributed by atoms with Gasteiger partial charge in [0.1, 0.15) is 5.82 Å². The van der Waals surface area contributed by atoms with Crippen LogP contribution in [0.5, 0.6) is 0 Å². The molecule has 0 saturated carbocycles.